The number of halogens is 1. The Bertz CT molecular complexity index is 1200. The second-order valence-corrected chi connectivity index (χ2v) is 7.01. The number of benzene rings is 3. The molecule has 0 unspecified atom stereocenters. The summed E-state index contributed by atoms with van der Waals surface area (Å²) in [5, 5.41) is 0.521. The molecule has 0 bridgehead atoms. The van der Waals surface area contributed by atoms with Crippen molar-refractivity contribution in [2.24, 2.45) is 0 Å². The zero-order chi connectivity index (χ0) is 22.0. The Morgan fingerprint density at radius 3 is 2.48 bits per heavy atom. The van der Waals surface area contributed by atoms with Gasteiger partial charge in [-0.2, -0.15) is 0 Å². The first-order valence-corrected chi connectivity index (χ1v) is 9.65. The van der Waals surface area contributed by atoms with Crippen LogP contribution in [0.25, 0.3) is 6.08 Å². The van der Waals surface area contributed by atoms with Gasteiger partial charge in [-0.25, -0.2) is 4.79 Å². The van der Waals surface area contributed by atoms with Crippen LogP contribution in [-0.4, -0.2) is 26.0 Å². The number of hydrogen-bond donors (Lipinski definition) is 0. The van der Waals surface area contributed by atoms with E-state index in [1.165, 1.54) is 20.3 Å². The third kappa shape index (κ3) is 4.11. The Balaban J connectivity index is 1.58. The lowest BCUT2D eigenvalue weighted by Gasteiger charge is -2.10. The van der Waals surface area contributed by atoms with Crippen LogP contribution in [0, 0.1) is 0 Å². The largest absolute Gasteiger partial charge is 0.493 e. The average molecular weight is 437 g/mol. The number of hydrogen-bond acceptors (Lipinski definition) is 6. The zero-order valence-electron chi connectivity index (χ0n) is 16.7. The van der Waals surface area contributed by atoms with E-state index in [0.717, 1.165) is 0 Å². The highest BCUT2D eigenvalue weighted by Crippen LogP contribution is 2.37. The number of fused-ring (bicyclic) bond motifs is 1. The molecule has 3 aromatic rings. The van der Waals surface area contributed by atoms with Gasteiger partial charge in [-0.1, -0.05) is 23.7 Å². The molecular formula is C24H17ClO6. The first-order chi connectivity index (χ1) is 15.0. The van der Waals surface area contributed by atoms with E-state index in [2.05, 4.69) is 0 Å². The monoisotopic (exact) mass is 436 g/mol. The van der Waals surface area contributed by atoms with Gasteiger partial charge in [-0.15, -0.1) is 0 Å². The van der Waals surface area contributed by atoms with Gasteiger partial charge < -0.3 is 18.9 Å². The number of esters is 1. The van der Waals surface area contributed by atoms with Gasteiger partial charge in [0.15, 0.2) is 17.3 Å². The normalized spacial score (nSPS) is 13.5. The average Bonchev–Trinajstić information content (AvgIpc) is 3.08. The van der Waals surface area contributed by atoms with E-state index in [1.807, 2.05) is 0 Å². The Labute approximate surface area is 183 Å². The minimum atomic E-state index is -0.544. The molecule has 1 heterocycles. The lowest BCUT2D eigenvalue weighted by Crippen LogP contribution is -2.08. The van der Waals surface area contributed by atoms with E-state index < -0.39 is 5.97 Å². The topological polar surface area (TPSA) is 71.1 Å². The summed E-state index contributed by atoms with van der Waals surface area (Å²) in [4.78, 5) is 25.1. The maximum atomic E-state index is 12.8. The lowest BCUT2D eigenvalue weighted by atomic mass is 10.1. The minimum absolute atomic E-state index is 0.128. The van der Waals surface area contributed by atoms with Crippen LogP contribution >= 0.6 is 11.6 Å². The molecule has 3 aromatic carbocycles. The molecule has 0 radical (unpaired) electrons. The molecule has 7 heteroatoms. The van der Waals surface area contributed by atoms with E-state index in [4.69, 9.17) is 30.5 Å². The number of allylic oxidation sites excluding steroid dienone is 1. The molecule has 0 fully saturated rings. The van der Waals surface area contributed by atoms with Crippen molar-refractivity contribution in [2.45, 2.75) is 0 Å². The standard InChI is InChI=1S/C24H17ClO6/c1-28-19-5-3-4-15(23(19)29-2)12-21-22(26)18-11-10-17(13-20(18)31-21)30-24(27)14-6-8-16(25)9-7-14/h3-13H,1-2H3. The van der Waals surface area contributed by atoms with Crippen molar-refractivity contribution in [1.82, 2.24) is 0 Å². The molecule has 1 aliphatic rings. The highest BCUT2D eigenvalue weighted by Gasteiger charge is 2.28. The number of ketones is 1. The summed E-state index contributed by atoms with van der Waals surface area (Å²) in [5.41, 5.74) is 1.36. The van der Waals surface area contributed by atoms with E-state index in [-0.39, 0.29) is 17.3 Å². The summed E-state index contributed by atoms with van der Waals surface area (Å²) in [7, 11) is 3.06. The van der Waals surface area contributed by atoms with Crippen LogP contribution in [0.2, 0.25) is 5.02 Å². The SMILES string of the molecule is COc1cccc(C=C2Oc3cc(OC(=O)c4ccc(Cl)cc4)ccc3C2=O)c1OC. The van der Waals surface area contributed by atoms with E-state index in [0.29, 0.717) is 39.0 Å². The van der Waals surface area contributed by atoms with E-state index in [9.17, 15) is 9.59 Å². The molecule has 0 aromatic heterocycles. The predicted octanol–water partition coefficient (Wildman–Crippen LogP) is 5.19. The van der Waals surface area contributed by atoms with Crippen molar-refractivity contribution in [3.63, 3.8) is 0 Å². The van der Waals surface area contributed by atoms with E-state index in [1.54, 1.807) is 60.7 Å². The molecule has 0 spiro atoms. The molecule has 31 heavy (non-hydrogen) atoms. The van der Waals surface area contributed by atoms with Crippen LogP contribution in [0.15, 0.2) is 66.4 Å². The van der Waals surface area contributed by atoms with Gasteiger partial charge in [-0.05, 0) is 48.5 Å². The summed E-state index contributed by atoms with van der Waals surface area (Å²) >= 11 is 5.84. The fourth-order valence-electron chi connectivity index (χ4n) is 3.15. The van der Waals surface area contributed by atoms with Crippen molar-refractivity contribution in [3.8, 4) is 23.0 Å². The second kappa shape index (κ2) is 8.53. The van der Waals surface area contributed by atoms with Gasteiger partial charge in [-0.3, -0.25) is 4.79 Å². The summed E-state index contributed by atoms with van der Waals surface area (Å²) in [6.45, 7) is 0. The van der Waals surface area contributed by atoms with Gasteiger partial charge in [0.05, 0.1) is 25.3 Å². The summed E-state index contributed by atoms with van der Waals surface area (Å²) < 4.78 is 21.8. The third-order valence-electron chi connectivity index (χ3n) is 4.65. The number of Topliss-reactive ketones (excluding diaryl/α,β-unsaturated/α-hetero) is 1. The van der Waals surface area contributed by atoms with Gasteiger partial charge in [0.1, 0.15) is 11.5 Å². The Morgan fingerprint density at radius 1 is 1.00 bits per heavy atom. The molecule has 0 atom stereocenters. The number of ether oxygens (including phenoxy) is 4. The summed E-state index contributed by atoms with van der Waals surface area (Å²) in [6, 6.07) is 16.3. The van der Waals surface area contributed by atoms with Crippen molar-refractivity contribution in [1.29, 1.82) is 0 Å². The molecule has 0 N–H and O–H groups in total. The highest BCUT2D eigenvalue weighted by molar-refractivity contribution is 6.30. The van der Waals surface area contributed by atoms with Crippen LogP contribution in [0.4, 0.5) is 0 Å². The van der Waals surface area contributed by atoms with Crippen molar-refractivity contribution >= 4 is 29.4 Å². The molecule has 0 amide bonds. The highest BCUT2D eigenvalue weighted by atomic mass is 35.5. The number of para-hydroxylation sites is 1. The Kier molecular flexibility index (Phi) is 5.64. The van der Waals surface area contributed by atoms with Crippen LogP contribution in [0.5, 0.6) is 23.0 Å². The van der Waals surface area contributed by atoms with Crippen molar-refractivity contribution < 1.29 is 28.5 Å². The fourth-order valence-corrected chi connectivity index (χ4v) is 3.28. The van der Waals surface area contributed by atoms with Crippen molar-refractivity contribution in [3.05, 3.63) is 88.1 Å². The van der Waals surface area contributed by atoms with Gasteiger partial charge in [0.2, 0.25) is 5.78 Å². The predicted molar refractivity (Wildman–Crippen MR) is 115 cm³/mol. The van der Waals surface area contributed by atoms with Gasteiger partial charge in [0.25, 0.3) is 0 Å². The molecule has 0 saturated carbocycles. The van der Waals surface area contributed by atoms with Crippen molar-refractivity contribution in [2.75, 3.05) is 14.2 Å². The quantitative estimate of drug-likeness (QED) is 0.311. The molecule has 1 aliphatic heterocycles. The number of methoxy groups -OCH3 is 2. The number of carbonyl (C=O) groups excluding carboxylic acids is 2. The third-order valence-corrected chi connectivity index (χ3v) is 4.90. The van der Waals surface area contributed by atoms with Gasteiger partial charge >= 0.3 is 5.97 Å². The lowest BCUT2D eigenvalue weighted by molar-refractivity contribution is 0.0734. The first-order valence-electron chi connectivity index (χ1n) is 9.27. The molecule has 0 aliphatic carbocycles. The molecule has 156 valence electrons. The second-order valence-electron chi connectivity index (χ2n) is 6.58. The first kappa shape index (κ1) is 20.5. The van der Waals surface area contributed by atoms with Crippen LogP contribution in [0.1, 0.15) is 26.3 Å². The smallest absolute Gasteiger partial charge is 0.343 e. The Hall–Kier alpha value is -3.77. The molecule has 0 saturated heterocycles. The maximum Gasteiger partial charge on any atom is 0.343 e. The number of carbonyl (C=O) groups is 2. The fraction of sp³-hybridized carbons (Fsp3) is 0.0833. The number of rotatable bonds is 5. The van der Waals surface area contributed by atoms with Crippen LogP contribution < -0.4 is 18.9 Å². The van der Waals surface area contributed by atoms with Crippen LogP contribution in [0.3, 0.4) is 0 Å². The zero-order valence-corrected chi connectivity index (χ0v) is 17.4. The Morgan fingerprint density at radius 2 is 1.77 bits per heavy atom. The van der Waals surface area contributed by atoms with E-state index >= 15 is 0 Å². The minimum Gasteiger partial charge on any atom is -0.493 e. The van der Waals surface area contributed by atoms with Gasteiger partial charge in [0, 0.05) is 16.7 Å². The summed E-state index contributed by atoms with van der Waals surface area (Å²) in [5.74, 6) is 0.890. The van der Waals surface area contributed by atoms with Crippen LogP contribution in [-0.2, 0) is 0 Å². The maximum absolute atomic E-state index is 12.8. The molecule has 4 rings (SSSR count). The molecular weight excluding hydrogens is 420 g/mol. The molecule has 6 nitrogen and oxygen atoms in total. The summed E-state index contributed by atoms with van der Waals surface area (Å²) in [6.07, 6.45) is 1.59.